The van der Waals surface area contributed by atoms with Crippen molar-refractivity contribution in [1.82, 2.24) is 0 Å². The van der Waals surface area contributed by atoms with Crippen LogP contribution in [0.4, 0.5) is 5.69 Å². The monoisotopic (exact) mass is 361 g/mol. The lowest BCUT2D eigenvalue weighted by Crippen LogP contribution is -2.16. The molecule has 0 aliphatic rings. The molecule has 0 aliphatic carbocycles. The van der Waals surface area contributed by atoms with Crippen LogP contribution >= 0.6 is 7.37 Å². The Labute approximate surface area is 150 Å². The Morgan fingerprint density at radius 3 is 2.16 bits per heavy atom. The Hall–Kier alpha value is -1.61. The number of hydrogen-bond donors (Lipinski definition) is 1. The Bertz CT molecular complexity index is 699. The van der Waals surface area contributed by atoms with Crippen LogP contribution in [0.1, 0.15) is 31.7 Å². The summed E-state index contributed by atoms with van der Waals surface area (Å²) in [7, 11) is 0.448. The molecule has 0 bridgehead atoms. The van der Waals surface area contributed by atoms with Crippen molar-refractivity contribution >= 4 is 18.4 Å². The number of rotatable bonds is 8. The molecule has 0 spiro atoms. The summed E-state index contributed by atoms with van der Waals surface area (Å²) in [6.45, 7) is 4.54. The van der Waals surface area contributed by atoms with Crippen molar-refractivity contribution < 1.29 is 14.2 Å². The average molecular weight is 361 g/mol. The van der Waals surface area contributed by atoms with E-state index >= 15 is 0 Å². The minimum absolute atomic E-state index is 0.355. The van der Waals surface area contributed by atoms with Gasteiger partial charge in [-0.25, -0.2) is 0 Å². The topological polar surface area (TPSA) is 49.8 Å². The highest BCUT2D eigenvalue weighted by Gasteiger charge is 2.36. The highest BCUT2D eigenvalue weighted by Crippen LogP contribution is 2.57. The lowest BCUT2D eigenvalue weighted by atomic mass is 10.2. The predicted octanol–water partition coefficient (Wildman–Crippen LogP) is 4.41. The zero-order valence-corrected chi connectivity index (χ0v) is 16.3. The molecule has 4 nitrogen and oxygen atoms in total. The fraction of sp³-hybridized carbons (Fsp3) is 0.400. The van der Waals surface area contributed by atoms with Crippen molar-refractivity contribution in [2.45, 2.75) is 26.1 Å². The molecule has 5 heteroatoms. The molecule has 0 aliphatic heterocycles. The summed E-state index contributed by atoms with van der Waals surface area (Å²) in [4.78, 5) is 1.97. The van der Waals surface area contributed by atoms with Crippen LogP contribution in [0.5, 0.6) is 0 Å². The molecule has 0 unspecified atom stereocenters. The molecule has 0 fully saturated rings. The molecule has 0 saturated carbocycles. The minimum Gasteiger partial charge on any atom is -0.378 e. The van der Waals surface area contributed by atoms with Crippen molar-refractivity contribution in [3.05, 3.63) is 60.2 Å². The molecule has 0 heterocycles. The van der Waals surface area contributed by atoms with Crippen LogP contribution in [0.2, 0.25) is 0 Å². The summed E-state index contributed by atoms with van der Waals surface area (Å²) in [5.41, 5.74) is 1.61. The van der Waals surface area contributed by atoms with Gasteiger partial charge in [0, 0.05) is 25.1 Å². The number of nitrogens with zero attached hydrogens (tertiary/aromatic N) is 1. The lowest BCUT2D eigenvalue weighted by Gasteiger charge is -2.25. The molecule has 0 saturated heterocycles. The van der Waals surface area contributed by atoms with E-state index in [2.05, 4.69) is 13.8 Å². The normalized spacial score (nSPS) is 15.0. The molecule has 2 rings (SSSR count). The lowest BCUT2D eigenvalue weighted by molar-refractivity contribution is 0.209. The molecule has 1 N–H and O–H groups in total. The maximum absolute atomic E-state index is 13.7. The summed E-state index contributed by atoms with van der Waals surface area (Å²) in [6.07, 6.45) is 0.793. The zero-order chi connectivity index (χ0) is 18.4. The quantitative estimate of drug-likeness (QED) is 0.708. The van der Waals surface area contributed by atoms with Crippen molar-refractivity contribution in [2.24, 2.45) is 5.92 Å². The summed E-state index contributed by atoms with van der Waals surface area (Å²) in [5, 5.41) is 11.4. The first-order valence-electron chi connectivity index (χ1n) is 8.60. The molecule has 2 atom stereocenters. The van der Waals surface area contributed by atoms with E-state index in [1.807, 2.05) is 49.3 Å². The average Bonchev–Trinajstić information content (AvgIpc) is 2.61. The number of aliphatic hydroxyl groups is 1. The van der Waals surface area contributed by atoms with E-state index < -0.39 is 13.2 Å². The van der Waals surface area contributed by atoms with Crippen LogP contribution in [0.25, 0.3) is 0 Å². The van der Waals surface area contributed by atoms with Crippen molar-refractivity contribution in [3.8, 4) is 0 Å². The number of aliphatic hydroxyl groups excluding tert-OH is 1. The number of anilines is 1. The SMILES string of the molecule is CC(C)CCO[P@](=O)(c1ccc(N(C)C)cc1)[C@@H](O)c1ccccc1. The smallest absolute Gasteiger partial charge is 0.264 e. The van der Waals surface area contributed by atoms with Crippen molar-refractivity contribution in [3.63, 3.8) is 0 Å². The highest BCUT2D eigenvalue weighted by molar-refractivity contribution is 7.67. The Balaban J connectivity index is 2.35. The van der Waals surface area contributed by atoms with Crippen LogP contribution in [-0.4, -0.2) is 25.8 Å². The molecule has 0 radical (unpaired) electrons. The zero-order valence-electron chi connectivity index (χ0n) is 15.4. The van der Waals surface area contributed by atoms with Crippen LogP contribution in [-0.2, 0) is 9.09 Å². The minimum atomic E-state index is -3.45. The first-order valence-corrected chi connectivity index (χ1v) is 10.3. The van der Waals surface area contributed by atoms with Gasteiger partial charge in [0.15, 0.2) is 5.85 Å². The Kier molecular flexibility index (Phi) is 6.83. The van der Waals surface area contributed by atoms with E-state index in [1.54, 1.807) is 24.3 Å². The second-order valence-corrected chi connectivity index (χ2v) is 9.27. The van der Waals surface area contributed by atoms with Gasteiger partial charge in [-0.15, -0.1) is 0 Å². The molecular weight excluding hydrogens is 333 g/mol. The molecule has 25 heavy (non-hydrogen) atoms. The van der Waals surface area contributed by atoms with Gasteiger partial charge >= 0.3 is 0 Å². The summed E-state index contributed by atoms with van der Waals surface area (Å²) < 4.78 is 19.5. The van der Waals surface area contributed by atoms with E-state index in [4.69, 9.17) is 4.52 Å². The Morgan fingerprint density at radius 2 is 1.64 bits per heavy atom. The second kappa shape index (κ2) is 8.66. The van der Waals surface area contributed by atoms with Gasteiger partial charge < -0.3 is 14.5 Å². The maximum Gasteiger partial charge on any atom is 0.264 e. The predicted molar refractivity (Wildman–Crippen MR) is 105 cm³/mol. The van der Waals surface area contributed by atoms with Gasteiger partial charge in [0.2, 0.25) is 0 Å². The van der Waals surface area contributed by atoms with E-state index in [0.717, 1.165) is 12.1 Å². The largest absolute Gasteiger partial charge is 0.378 e. The van der Waals surface area contributed by atoms with Gasteiger partial charge in [0.1, 0.15) is 0 Å². The van der Waals surface area contributed by atoms with Gasteiger partial charge in [0.25, 0.3) is 7.37 Å². The number of benzene rings is 2. The van der Waals surface area contributed by atoms with Gasteiger partial charge in [-0.1, -0.05) is 44.2 Å². The third-order valence-corrected chi connectivity index (χ3v) is 6.65. The van der Waals surface area contributed by atoms with E-state index in [1.165, 1.54) is 0 Å². The van der Waals surface area contributed by atoms with Gasteiger partial charge in [-0.3, -0.25) is 4.57 Å². The fourth-order valence-electron chi connectivity index (χ4n) is 2.49. The van der Waals surface area contributed by atoms with E-state index in [0.29, 0.717) is 23.4 Å². The molecule has 2 aromatic carbocycles. The standard InChI is InChI=1S/C20H28NO3P/c1-16(2)14-15-24-25(23,20(22)17-8-6-5-7-9-17)19-12-10-18(11-13-19)21(3)4/h5-13,16,20,22H,14-15H2,1-4H3/t20-,25-/m1/s1. The molecule has 0 aromatic heterocycles. The van der Waals surface area contributed by atoms with Gasteiger partial charge in [0.05, 0.1) is 6.61 Å². The fourth-order valence-corrected chi connectivity index (χ4v) is 4.57. The number of hydrogen-bond acceptors (Lipinski definition) is 4. The van der Waals surface area contributed by atoms with Crippen LogP contribution in [0.3, 0.4) is 0 Å². The van der Waals surface area contributed by atoms with Crippen LogP contribution in [0.15, 0.2) is 54.6 Å². The second-order valence-electron chi connectivity index (χ2n) is 6.81. The highest BCUT2D eigenvalue weighted by atomic mass is 31.2. The van der Waals surface area contributed by atoms with E-state index in [-0.39, 0.29) is 0 Å². The first kappa shape index (κ1) is 19.7. The molecule has 2 aromatic rings. The maximum atomic E-state index is 13.7. The molecular formula is C20H28NO3P. The summed E-state index contributed by atoms with van der Waals surface area (Å²) in [5.74, 6) is -0.732. The first-order chi connectivity index (χ1) is 11.8. The summed E-state index contributed by atoms with van der Waals surface area (Å²) in [6, 6.07) is 16.4. The van der Waals surface area contributed by atoms with Crippen molar-refractivity contribution in [1.29, 1.82) is 0 Å². The third-order valence-electron chi connectivity index (χ3n) is 4.12. The van der Waals surface area contributed by atoms with E-state index in [9.17, 15) is 9.67 Å². The summed E-state index contributed by atoms with van der Waals surface area (Å²) >= 11 is 0. The third kappa shape index (κ3) is 4.94. The molecule has 136 valence electrons. The Morgan fingerprint density at radius 1 is 1.04 bits per heavy atom. The van der Waals surface area contributed by atoms with Crippen LogP contribution < -0.4 is 10.2 Å². The molecule has 0 amide bonds. The van der Waals surface area contributed by atoms with Crippen LogP contribution in [0, 0.1) is 5.92 Å². The van der Waals surface area contributed by atoms with Gasteiger partial charge in [-0.2, -0.15) is 0 Å². The van der Waals surface area contributed by atoms with Crippen molar-refractivity contribution in [2.75, 3.05) is 25.6 Å². The van der Waals surface area contributed by atoms with Gasteiger partial charge in [-0.05, 0) is 42.2 Å².